The number of rotatable bonds is 3. The van der Waals surface area contributed by atoms with E-state index < -0.39 is 0 Å². The summed E-state index contributed by atoms with van der Waals surface area (Å²) in [5.74, 6) is 0. The Morgan fingerprint density at radius 2 is 2.10 bits per heavy atom. The van der Waals surface area contributed by atoms with Crippen molar-refractivity contribution in [3.8, 4) is 6.07 Å². The van der Waals surface area contributed by atoms with Crippen molar-refractivity contribution >= 4 is 0 Å². The van der Waals surface area contributed by atoms with Gasteiger partial charge < -0.3 is 0 Å². The summed E-state index contributed by atoms with van der Waals surface area (Å²) in [6, 6.07) is 2.06. The normalized spacial score (nSPS) is 9.10. The zero-order chi connectivity index (χ0) is 7.23. The van der Waals surface area contributed by atoms with Gasteiger partial charge in [-0.25, -0.2) is 0 Å². The Balaban J connectivity index is 2.23. The van der Waals surface area contributed by atoms with Gasteiger partial charge in [-0.3, -0.25) is 0 Å². The van der Waals surface area contributed by atoms with Gasteiger partial charge in [-0.05, 0) is 6.42 Å². The Morgan fingerprint density at radius 1 is 1.40 bits per heavy atom. The fourth-order valence-electron chi connectivity index (χ4n) is 0.658. The molecular formula is C6H8N4. The second-order valence-corrected chi connectivity index (χ2v) is 1.89. The molecule has 1 aromatic heterocycles. The van der Waals surface area contributed by atoms with Crippen LogP contribution in [0, 0.1) is 11.3 Å². The Morgan fingerprint density at radius 3 is 2.70 bits per heavy atom. The molecule has 0 aliphatic rings. The first-order valence-electron chi connectivity index (χ1n) is 3.14. The molecule has 0 bridgehead atoms. The van der Waals surface area contributed by atoms with Crippen LogP contribution in [0.3, 0.4) is 0 Å². The molecule has 10 heavy (non-hydrogen) atoms. The van der Waals surface area contributed by atoms with Gasteiger partial charge >= 0.3 is 0 Å². The van der Waals surface area contributed by atoms with Crippen molar-refractivity contribution in [2.45, 2.75) is 19.4 Å². The number of unbranched alkanes of at least 4 members (excludes halogenated alkanes) is 1. The molecule has 1 aromatic rings. The van der Waals surface area contributed by atoms with Crippen molar-refractivity contribution in [2.24, 2.45) is 0 Å². The molecule has 0 spiro atoms. The van der Waals surface area contributed by atoms with Gasteiger partial charge in [0.2, 0.25) is 0 Å². The van der Waals surface area contributed by atoms with E-state index >= 15 is 0 Å². The van der Waals surface area contributed by atoms with Crippen LogP contribution in [0.5, 0.6) is 0 Å². The average molecular weight is 136 g/mol. The van der Waals surface area contributed by atoms with Crippen molar-refractivity contribution in [2.75, 3.05) is 0 Å². The molecule has 4 heteroatoms. The molecule has 4 nitrogen and oxygen atoms in total. The minimum Gasteiger partial charge on any atom is -0.198 e. The van der Waals surface area contributed by atoms with E-state index in [0.717, 1.165) is 13.0 Å². The second-order valence-electron chi connectivity index (χ2n) is 1.89. The highest BCUT2D eigenvalue weighted by Crippen LogP contribution is 1.88. The molecule has 52 valence electrons. The first kappa shape index (κ1) is 6.75. The van der Waals surface area contributed by atoms with Crippen LogP contribution >= 0.6 is 0 Å². The monoisotopic (exact) mass is 136 g/mol. The number of hydrogen-bond donors (Lipinski definition) is 0. The van der Waals surface area contributed by atoms with Crippen LogP contribution in [0.15, 0.2) is 12.4 Å². The summed E-state index contributed by atoms with van der Waals surface area (Å²) in [5, 5.41) is 16.0. The van der Waals surface area contributed by atoms with Crippen LogP contribution in [0.4, 0.5) is 0 Å². The number of nitriles is 1. The molecule has 0 N–H and O–H groups in total. The van der Waals surface area contributed by atoms with Crippen LogP contribution in [-0.4, -0.2) is 15.0 Å². The molecule has 0 saturated carbocycles. The summed E-state index contributed by atoms with van der Waals surface area (Å²) < 4.78 is 0. The molecule has 0 aromatic carbocycles. The third kappa shape index (κ3) is 1.86. The van der Waals surface area contributed by atoms with Crippen LogP contribution in [-0.2, 0) is 6.54 Å². The van der Waals surface area contributed by atoms with E-state index in [1.807, 2.05) is 0 Å². The Bertz CT molecular complexity index is 208. The molecule has 0 fully saturated rings. The highest BCUT2D eigenvalue weighted by molar-refractivity contribution is 4.68. The maximum absolute atomic E-state index is 8.19. The van der Waals surface area contributed by atoms with Crippen molar-refractivity contribution in [1.82, 2.24) is 15.0 Å². The first-order chi connectivity index (χ1) is 4.93. The SMILES string of the molecule is N#CCCCn1nccn1. The lowest BCUT2D eigenvalue weighted by Crippen LogP contribution is -2.01. The summed E-state index contributed by atoms with van der Waals surface area (Å²) in [7, 11) is 0. The van der Waals surface area contributed by atoms with Crippen molar-refractivity contribution < 1.29 is 0 Å². The van der Waals surface area contributed by atoms with Gasteiger partial charge in [-0.15, -0.1) is 0 Å². The van der Waals surface area contributed by atoms with Gasteiger partial charge in [-0.1, -0.05) is 0 Å². The van der Waals surface area contributed by atoms with E-state index in [1.165, 1.54) is 0 Å². The molecular weight excluding hydrogens is 128 g/mol. The summed E-state index contributed by atoms with van der Waals surface area (Å²) in [4.78, 5) is 1.58. The molecule has 0 unspecified atom stereocenters. The van der Waals surface area contributed by atoms with Crippen LogP contribution in [0.1, 0.15) is 12.8 Å². The van der Waals surface area contributed by atoms with E-state index in [1.54, 1.807) is 17.2 Å². The maximum atomic E-state index is 8.19. The second kappa shape index (κ2) is 3.62. The third-order valence-corrected chi connectivity index (χ3v) is 1.11. The predicted octanol–water partition coefficient (Wildman–Crippen LogP) is 0.582. The standard InChI is InChI=1S/C6H8N4/c7-3-1-2-6-10-8-4-5-9-10/h4-5H,1-2,6H2. The van der Waals surface area contributed by atoms with Crippen molar-refractivity contribution in [3.05, 3.63) is 12.4 Å². The summed E-state index contributed by atoms with van der Waals surface area (Å²) in [6.07, 6.45) is 4.66. The van der Waals surface area contributed by atoms with Crippen LogP contribution < -0.4 is 0 Å². The molecule has 0 aliphatic carbocycles. The predicted molar refractivity (Wildman–Crippen MR) is 34.9 cm³/mol. The van der Waals surface area contributed by atoms with Crippen LogP contribution in [0.25, 0.3) is 0 Å². The molecule has 1 heterocycles. The fourth-order valence-corrected chi connectivity index (χ4v) is 0.658. The number of hydrogen-bond acceptors (Lipinski definition) is 3. The minimum absolute atomic E-state index is 0.571. The van der Waals surface area contributed by atoms with Crippen LogP contribution in [0.2, 0.25) is 0 Å². The molecule has 0 amide bonds. The zero-order valence-corrected chi connectivity index (χ0v) is 5.56. The van der Waals surface area contributed by atoms with E-state index in [2.05, 4.69) is 16.3 Å². The quantitative estimate of drug-likeness (QED) is 0.571. The fraction of sp³-hybridized carbons (Fsp3) is 0.500. The van der Waals surface area contributed by atoms with E-state index in [4.69, 9.17) is 5.26 Å². The topological polar surface area (TPSA) is 54.5 Å². The highest BCUT2D eigenvalue weighted by Gasteiger charge is 1.89. The van der Waals surface area contributed by atoms with Gasteiger partial charge in [0.05, 0.1) is 25.0 Å². The minimum atomic E-state index is 0.571. The summed E-state index contributed by atoms with van der Waals surface area (Å²) >= 11 is 0. The van der Waals surface area contributed by atoms with Gasteiger partial charge in [-0.2, -0.15) is 20.3 Å². The lowest BCUT2D eigenvalue weighted by molar-refractivity contribution is 0.517. The third-order valence-electron chi connectivity index (χ3n) is 1.11. The van der Waals surface area contributed by atoms with E-state index in [-0.39, 0.29) is 0 Å². The Labute approximate surface area is 59.1 Å². The van der Waals surface area contributed by atoms with Gasteiger partial charge in [0.25, 0.3) is 0 Å². The molecule has 0 radical (unpaired) electrons. The van der Waals surface area contributed by atoms with Crippen molar-refractivity contribution in [1.29, 1.82) is 5.26 Å². The van der Waals surface area contributed by atoms with Gasteiger partial charge in [0.1, 0.15) is 0 Å². The number of aryl methyl sites for hydroxylation is 1. The maximum Gasteiger partial charge on any atom is 0.0693 e. The first-order valence-corrected chi connectivity index (χ1v) is 3.14. The number of nitrogens with zero attached hydrogens (tertiary/aromatic N) is 4. The Hall–Kier alpha value is -1.37. The Kier molecular flexibility index (Phi) is 2.44. The number of aromatic nitrogens is 3. The average Bonchev–Trinajstić information content (AvgIpc) is 2.41. The lowest BCUT2D eigenvalue weighted by atomic mass is 10.3. The molecule has 0 aliphatic heterocycles. The van der Waals surface area contributed by atoms with Gasteiger partial charge in [0.15, 0.2) is 0 Å². The lowest BCUT2D eigenvalue weighted by Gasteiger charge is -1.93. The largest absolute Gasteiger partial charge is 0.198 e. The van der Waals surface area contributed by atoms with E-state index in [9.17, 15) is 0 Å². The highest BCUT2D eigenvalue weighted by atomic mass is 15.5. The zero-order valence-electron chi connectivity index (χ0n) is 5.56. The smallest absolute Gasteiger partial charge is 0.0693 e. The molecule has 0 atom stereocenters. The summed E-state index contributed by atoms with van der Waals surface area (Å²) in [6.45, 7) is 0.737. The summed E-state index contributed by atoms with van der Waals surface area (Å²) in [5.41, 5.74) is 0. The van der Waals surface area contributed by atoms with Crippen molar-refractivity contribution in [3.63, 3.8) is 0 Å². The molecule has 1 rings (SSSR count). The van der Waals surface area contributed by atoms with Gasteiger partial charge in [0, 0.05) is 6.42 Å². The van der Waals surface area contributed by atoms with E-state index in [0.29, 0.717) is 6.42 Å². The molecule has 0 saturated heterocycles.